The predicted molar refractivity (Wildman–Crippen MR) is 115 cm³/mol. The van der Waals surface area contributed by atoms with Crippen molar-refractivity contribution in [3.8, 4) is 0 Å². The van der Waals surface area contributed by atoms with E-state index < -0.39 is 0 Å². The van der Waals surface area contributed by atoms with Gasteiger partial charge in [-0.15, -0.1) is 0 Å². The van der Waals surface area contributed by atoms with Crippen LogP contribution in [0.4, 0.5) is 0 Å². The van der Waals surface area contributed by atoms with Crippen molar-refractivity contribution in [1.29, 1.82) is 0 Å². The van der Waals surface area contributed by atoms with Gasteiger partial charge in [-0.2, -0.15) is 0 Å². The number of rotatable bonds is 17. The van der Waals surface area contributed by atoms with E-state index in [9.17, 15) is 0 Å². The van der Waals surface area contributed by atoms with Crippen LogP contribution in [0, 0.1) is 0 Å². The molecule has 152 valence electrons. The molecule has 0 aliphatic rings. The van der Waals surface area contributed by atoms with Crippen molar-refractivity contribution < 1.29 is 4.57 Å². The van der Waals surface area contributed by atoms with Gasteiger partial charge < -0.3 is 0 Å². The van der Waals surface area contributed by atoms with Crippen molar-refractivity contribution in [3.05, 3.63) is 18.2 Å². The first-order valence-corrected chi connectivity index (χ1v) is 11.8. The first kappa shape index (κ1) is 23.2. The molecule has 0 saturated heterocycles. The summed E-state index contributed by atoms with van der Waals surface area (Å²) in [5.74, 6) is 2.21. The Balaban J connectivity index is 2.57. The molecule has 0 saturated carbocycles. The first-order valence-electron chi connectivity index (χ1n) is 11.8. The Morgan fingerprint density at radius 2 is 1.27 bits per heavy atom. The number of H-pyrrole nitrogens is 1. The van der Waals surface area contributed by atoms with Gasteiger partial charge >= 0.3 is 0 Å². The van der Waals surface area contributed by atoms with Crippen LogP contribution in [0.2, 0.25) is 0 Å². The van der Waals surface area contributed by atoms with E-state index in [0.717, 1.165) is 5.92 Å². The van der Waals surface area contributed by atoms with Gasteiger partial charge in [-0.05, 0) is 26.2 Å². The average Bonchev–Trinajstić information content (AvgIpc) is 3.12. The largest absolute Gasteiger partial charge is 0.257 e. The Labute approximate surface area is 164 Å². The first-order chi connectivity index (χ1) is 12.7. The molecule has 1 rings (SSSR count). The zero-order valence-corrected chi connectivity index (χ0v) is 18.4. The molecule has 1 heterocycles. The van der Waals surface area contributed by atoms with Gasteiger partial charge in [0.15, 0.2) is 0 Å². The highest BCUT2D eigenvalue weighted by atomic mass is 15.1. The summed E-state index contributed by atoms with van der Waals surface area (Å²) in [7, 11) is 0. The monoisotopic (exact) mass is 363 g/mol. The number of nitrogens with zero attached hydrogens (tertiary/aromatic N) is 1. The van der Waals surface area contributed by atoms with Crippen LogP contribution in [-0.4, -0.2) is 4.98 Å². The molecular weight excluding hydrogens is 316 g/mol. The summed E-state index contributed by atoms with van der Waals surface area (Å²) in [5.41, 5.74) is 0. The van der Waals surface area contributed by atoms with Crippen molar-refractivity contribution in [2.75, 3.05) is 0 Å². The lowest BCUT2D eigenvalue weighted by Gasteiger charge is -2.17. The van der Waals surface area contributed by atoms with Gasteiger partial charge in [0.25, 0.3) is 5.82 Å². The molecule has 2 atom stereocenters. The normalized spacial score (nSPS) is 13.8. The second kappa shape index (κ2) is 15.3. The SMILES string of the molecule is CCCCCCCCC(CCCCCCC)c1[nH]cc[n+]1C(C)CCC. The van der Waals surface area contributed by atoms with Gasteiger partial charge in [0.1, 0.15) is 12.4 Å². The van der Waals surface area contributed by atoms with Crippen molar-refractivity contribution in [2.45, 2.75) is 136 Å². The topological polar surface area (TPSA) is 19.7 Å². The quantitative estimate of drug-likeness (QED) is 0.215. The van der Waals surface area contributed by atoms with Crippen LogP contribution in [0.15, 0.2) is 12.4 Å². The van der Waals surface area contributed by atoms with E-state index in [1.807, 2.05) is 0 Å². The second-order valence-electron chi connectivity index (χ2n) is 8.35. The van der Waals surface area contributed by atoms with Crippen molar-refractivity contribution in [3.63, 3.8) is 0 Å². The number of imidazole rings is 1. The Bertz CT molecular complexity index is 424. The Kier molecular flexibility index (Phi) is 13.7. The zero-order valence-electron chi connectivity index (χ0n) is 18.4. The maximum atomic E-state index is 3.62. The van der Waals surface area contributed by atoms with Gasteiger partial charge in [0.2, 0.25) is 0 Å². The molecule has 1 aromatic rings. The van der Waals surface area contributed by atoms with E-state index in [2.05, 4.69) is 49.6 Å². The highest BCUT2D eigenvalue weighted by Crippen LogP contribution is 2.27. The van der Waals surface area contributed by atoms with Gasteiger partial charge in [0.05, 0.1) is 12.0 Å². The smallest absolute Gasteiger partial charge is 0.247 e. The minimum Gasteiger partial charge on any atom is -0.247 e. The third-order valence-corrected chi connectivity index (χ3v) is 5.87. The summed E-state index contributed by atoms with van der Waals surface area (Å²) in [4.78, 5) is 3.62. The minimum atomic E-state index is 0.619. The Morgan fingerprint density at radius 3 is 1.81 bits per heavy atom. The van der Waals surface area contributed by atoms with E-state index in [4.69, 9.17) is 0 Å². The fourth-order valence-corrected chi connectivity index (χ4v) is 4.21. The molecular formula is C24H47N2+. The number of aromatic amines is 1. The van der Waals surface area contributed by atoms with E-state index in [1.165, 1.54) is 102 Å². The molecule has 0 spiro atoms. The summed E-state index contributed by atoms with van der Waals surface area (Å²) >= 11 is 0. The number of hydrogen-bond acceptors (Lipinski definition) is 0. The van der Waals surface area contributed by atoms with Crippen LogP contribution in [0.25, 0.3) is 0 Å². The van der Waals surface area contributed by atoms with E-state index in [0.29, 0.717) is 6.04 Å². The average molecular weight is 364 g/mol. The molecule has 2 nitrogen and oxygen atoms in total. The molecule has 0 radical (unpaired) electrons. The molecule has 0 aromatic carbocycles. The number of unbranched alkanes of at least 4 members (excludes halogenated alkanes) is 9. The van der Waals surface area contributed by atoms with Gasteiger partial charge in [-0.3, -0.25) is 0 Å². The lowest BCUT2D eigenvalue weighted by molar-refractivity contribution is -0.727. The van der Waals surface area contributed by atoms with Crippen LogP contribution in [0.5, 0.6) is 0 Å². The number of hydrogen-bond donors (Lipinski definition) is 1. The maximum Gasteiger partial charge on any atom is 0.257 e. The summed E-state index contributed by atoms with van der Waals surface area (Å²) in [6.07, 6.45) is 25.1. The number of aromatic nitrogens is 2. The minimum absolute atomic E-state index is 0.619. The standard InChI is InChI=1S/C24H46N2/c1-5-8-10-12-14-16-19-23(18-15-13-11-9-6-2)24-25-20-21-26(24)22(4)17-7-3/h20-23H,5-19H2,1-4H3/p+1. The van der Waals surface area contributed by atoms with Gasteiger partial charge in [-0.25, -0.2) is 9.55 Å². The molecule has 0 aliphatic heterocycles. The van der Waals surface area contributed by atoms with Crippen LogP contribution in [0.1, 0.15) is 142 Å². The molecule has 2 heteroatoms. The molecule has 0 bridgehead atoms. The second-order valence-corrected chi connectivity index (χ2v) is 8.35. The molecule has 0 fully saturated rings. The van der Waals surface area contributed by atoms with E-state index >= 15 is 0 Å². The van der Waals surface area contributed by atoms with Crippen LogP contribution >= 0.6 is 0 Å². The van der Waals surface area contributed by atoms with Crippen molar-refractivity contribution in [2.24, 2.45) is 0 Å². The summed E-state index contributed by atoms with van der Waals surface area (Å²) in [5, 5.41) is 0. The highest BCUT2D eigenvalue weighted by molar-refractivity contribution is 4.90. The fraction of sp³-hybridized carbons (Fsp3) is 0.875. The maximum absolute atomic E-state index is 3.62. The predicted octanol–water partition coefficient (Wildman–Crippen LogP) is 7.86. The molecule has 2 unspecified atom stereocenters. The number of nitrogens with one attached hydrogen (secondary N) is 1. The molecule has 1 N–H and O–H groups in total. The Hall–Kier alpha value is -0.790. The zero-order chi connectivity index (χ0) is 19.0. The third-order valence-electron chi connectivity index (χ3n) is 5.87. The highest BCUT2D eigenvalue weighted by Gasteiger charge is 2.25. The lowest BCUT2D eigenvalue weighted by Crippen LogP contribution is -2.41. The van der Waals surface area contributed by atoms with Crippen molar-refractivity contribution >= 4 is 0 Å². The fourth-order valence-electron chi connectivity index (χ4n) is 4.21. The van der Waals surface area contributed by atoms with Crippen LogP contribution < -0.4 is 4.57 Å². The van der Waals surface area contributed by atoms with E-state index in [1.54, 1.807) is 0 Å². The Morgan fingerprint density at radius 1 is 0.731 bits per heavy atom. The molecule has 0 aliphatic carbocycles. The van der Waals surface area contributed by atoms with Gasteiger partial charge in [-0.1, -0.05) is 97.8 Å². The molecule has 26 heavy (non-hydrogen) atoms. The molecule has 1 aromatic heterocycles. The van der Waals surface area contributed by atoms with Crippen LogP contribution in [-0.2, 0) is 0 Å². The lowest BCUT2D eigenvalue weighted by atomic mass is 9.93. The molecule has 0 amide bonds. The summed E-state index contributed by atoms with van der Waals surface area (Å²) < 4.78 is 2.54. The van der Waals surface area contributed by atoms with Gasteiger partial charge in [0, 0.05) is 0 Å². The summed E-state index contributed by atoms with van der Waals surface area (Å²) in [6.45, 7) is 9.28. The van der Waals surface area contributed by atoms with Crippen LogP contribution in [0.3, 0.4) is 0 Å². The third kappa shape index (κ3) is 9.24. The summed E-state index contributed by atoms with van der Waals surface area (Å²) in [6, 6.07) is 0.619. The van der Waals surface area contributed by atoms with E-state index in [-0.39, 0.29) is 0 Å². The van der Waals surface area contributed by atoms with Crippen molar-refractivity contribution in [1.82, 2.24) is 4.98 Å².